The van der Waals surface area contributed by atoms with Gasteiger partial charge in [-0.3, -0.25) is 4.79 Å². The first-order valence-electron chi connectivity index (χ1n) is 6.87. The van der Waals surface area contributed by atoms with Gasteiger partial charge in [-0.05, 0) is 30.8 Å². The molecular weight excluding hydrogens is 240 g/mol. The molecule has 0 radical (unpaired) electrons. The van der Waals surface area contributed by atoms with Crippen LogP contribution in [0.5, 0.6) is 0 Å². The predicted octanol–water partition coefficient (Wildman–Crippen LogP) is 1.79. The van der Waals surface area contributed by atoms with Crippen LogP contribution in [0.25, 0.3) is 0 Å². The quantitative estimate of drug-likeness (QED) is 0.689. The van der Waals surface area contributed by atoms with Crippen LogP contribution >= 0.6 is 0 Å². The number of allylic oxidation sites excluding steroid dienone is 3. The highest BCUT2D eigenvalue weighted by Gasteiger charge is 2.15. The molecule has 0 aromatic rings. The second kappa shape index (κ2) is 7.77. The Morgan fingerprint density at radius 2 is 2.26 bits per heavy atom. The zero-order valence-corrected chi connectivity index (χ0v) is 12.0. The lowest BCUT2D eigenvalue weighted by atomic mass is 9.88. The molecule has 0 saturated heterocycles. The van der Waals surface area contributed by atoms with Crippen molar-refractivity contribution in [3.63, 3.8) is 0 Å². The van der Waals surface area contributed by atoms with Gasteiger partial charge in [-0.1, -0.05) is 26.0 Å². The Labute approximate surface area is 115 Å². The Morgan fingerprint density at radius 3 is 2.84 bits per heavy atom. The molecule has 1 amide bonds. The third-order valence-electron chi connectivity index (χ3n) is 3.43. The molecule has 2 atom stereocenters. The molecule has 2 N–H and O–H groups in total. The molecule has 0 aromatic heterocycles. The van der Waals surface area contributed by atoms with Crippen molar-refractivity contribution in [2.75, 3.05) is 7.05 Å². The van der Waals surface area contributed by atoms with Crippen LogP contribution in [0, 0.1) is 11.8 Å². The number of nitrogens with one attached hydrogen (secondary N) is 2. The highest BCUT2D eigenvalue weighted by Crippen LogP contribution is 2.23. The molecule has 0 aliphatic heterocycles. The van der Waals surface area contributed by atoms with E-state index in [0.717, 1.165) is 18.4 Å². The van der Waals surface area contributed by atoms with Gasteiger partial charge in [-0.2, -0.15) is 0 Å². The average Bonchev–Trinajstić information content (AvgIpc) is 2.43. The smallest absolute Gasteiger partial charge is 0.219 e. The van der Waals surface area contributed by atoms with E-state index in [4.69, 9.17) is 0 Å². The zero-order valence-electron chi connectivity index (χ0n) is 12.0. The molecule has 0 saturated carbocycles. The molecule has 0 fully saturated rings. The minimum atomic E-state index is -0.306. The van der Waals surface area contributed by atoms with Gasteiger partial charge in [-0.25, -0.2) is 0 Å². The maximum Gasteiger partial charge on any atom is 0.219 e. The summed E-state index contributed by atoms with van der Waals surface area (Å²) < 4.78 is 0. The second-order valence-electron chi connectivity index (χ2n) is 5.27. The Balaban J connectivity index is 2.53. The van der Waals surface area contributed by atoms with Gasteiger partial charge in [0.25, 0.3) is 0 Å². The standard InChI is InChI=1S/C15H24N2O2/c1-11(2)12-5-4-6-13(9-12)17-14(10-18)7-8-15(19)16-3/h4,6,9-12,14,17H,5,7-8H2,1-3H3,(H,16,19). The van der Waals surface area contributed by atoms with Gasteiger partial charge >= 0.3 is 0 Å². The number of aldehydes is 1. The molecule has 19 heavy (non-hydrogen) atoms. The second-order valence-corrected chi connectivity index (χ2v) is 5.27. The van der Waals surface area contributed by atoms with E-state index in [1.165, 1.54) is 0 Å². The summed E-state index contributed by atoms with van der Waals surface area (Å²) in [6.45, 7) is 4.39. The summed E-state index contributed by atoms with van der Waals surface area (Å²) in [7, 11) is 1.60. The van der Waals surface area contributed by atoms with E-state index in [9.17, 15) is 9.59 Å². The number of carbonyl (C=O) groups excluding carboxylic acids is 2. The number of amides is 1. The fourth-order valence-electron chi connectivity index (χ4n) is 2.07. The fourth-order valence-corrected chi connectivity index (χ4v) is 2.07. The molecule has 4 nitrogen and oxygen atoms in total. The zero-order chi connectivity index (χ0) is 14.3. The third kappa shape index (κ3) is 5.28. The van der Waals surface area contributed by atoms with Crippen molar-refractivity contribution in [2.45, 2.75) is 39.2 Å². The van der Waals surface area contributed by atoms with Gasteiger partial charge in [0, 0.05) is 19.2 Å². The largest absolute Gasteiger partial charge is 0.376 e. The lowest BCUT2D eigenvalue weighted by molar-refractivity contribution is -0.120. The SMILES string of the molecule is CNC(=O)CCC(C=O)NC1=CC(C(C)C)CC=C1. The highest BCUT2D eigenvalue weighted by molar-refractivity contribution is 5.76. The highest BCUT2D eigenvalue weighted by atomic mass is 16.1. The van der Waals surface area contributed by atoms with Crippen molar-refractivity contribution >= 4 is 12.2 Å². The molecule has 4 heteroatoms. The molecule has 1 aliphatic rings. The van der Waals surface area contributed by atoms with Gasteiger partial charge in [0.15, 0.2) is 0 Å². The van der Waals surface area contributed by atoms with E-state index >= 15 is 0 Å². The molecule has 2 unspecified atom stereocenters. The van der Waals surface area contributed by atoms with Crippen molar-refractivity contribution < 1.29 is 9.59 Å². The average molecular weight is 264 g/mol. The van der Waals surface area contributed by atoms with E-state index in [-0.39, 0.29) is 11.9 Å². The summed E-state index contributed by atoms with van der Waals surface area (Å²) in [5.41, 5.74) is 0.985. The van der Waals surface area contributed by atoms with E-state index < -0.39 is 0 Å². The maximum atomic E-state index is 11.2. The monoisotopic (exact) mass is 264 g/mol. The van der Waals surface area contributed by atoms with Crippen molar-refractivity contribution in [1.82, 2.24) is 10.6 Å². The van der Waals surface area contributed by atoms with Crippen LogP contribution in [0.1, 0.15) is 33.1 Å². The molecule has 0 aromatic carbocycles. The Bertz CT molecular complexity index is 372. The molecule has 106 valence electrons. The van der Waals surface area contributed by atoms with E-state index in [0.29, 0.717) is 24.7 Å². The Hall–Kier alpha value is -1.58. The Kier molecular flexibility index (Phi) is 6.33. The maximum absolute atomic E-state index is 11.2. The van der Waals surface area contributed by atoms with E-state index in [1.807, 2.05) is 6.08 Å². The number of carbonyl (C=O) groups is 2. The van der Waals surface area contributed by atoms with Crippen LogP contribution in [0.4, 0.5) is 0 Å². The molecule has 0 heterocycles. The van der Waals surface area contributed by atoms with Gasteiger partial charge in [-0.15, -0.1) is 0 Å². The van der Waals surface area contributed by atoms with Crippen LogP contribution in [0.15, 0.2) is 23.9 Å². The van der Waals surface area contributed by atoms with Crippen molar-refractivity contribution in [2.24, 2.45) is 11.8 Å². The van der Waals surface area contributed by atoms with Gasteiger partial charge in [0.2, 0.25) is 5.91 Å². The summed E-state index contributed by atoms with van der Waals surface area (Å²) in [4.78, 5) is 22.2. The van der Waals surface area contributed by atoms with Crippen LogP contribution in [-0.2, 0) is 9.59 Å². The fraction of sp³-hybridized carbons (Fsp3) is 0.600. The summed E-state index contributed by atoms with van der Waals surface area (Å²) >= 11 is 0. The first-order chi connectivity index (χ1) is 9.06. The topological polar surface area (TPSA) is 58.2 Å². The first-order valence-corrected chi connectivity index (χ1v) is 6.87. The predicted molar refractivity (Wildman–Crippen MR) is 76.5 cm³/mol. The first kappa shape index (κ1) is 15.5. The summed E-state index contributed by atoms with van der Waals surface area (Å²) in [5.74, 6) is 1.06. The summed E-state index contributed by atoms with van der Waals surface area (Å²) in [5, 5.41) is 5.75. The number of hydrogen-bond acceptors (Lipinski definition) is 3. The lowest BCUT2D eigenvalue weighted by Gasteiger charge is -2.22. The summed E-state index contributed by atoms with van der Waals surface area (Å²) in [6.07, 6.45) is 9.12. The molecule has 1 rings (SSSR count). The van der Waals surface area contributed by atoms with Gasteiger partial charge in [0.05, 0.1) is 6.04 Å². The van der Waals surface area contributed by atoms with E-state index in [2.05, 4.69) is 36.6 Å². The molecule has 0 bridgehead atoms. The normalized spacial score (nSPS) is 19.8. The van der Waals surface area contributed by atoms with Crippen LogP contribution in [0.3, 0.4) is 0 Å². The molecule has 0 spiro atoms. The molecule has 1 aliphatic carbocycles. The minimum absolute atomic E-state index is 0.0399. The van der Waals surface area contributed by atoms with Gasteiger partial charge < -0.3 is 15.4 Å². The van der Waals surface area contributed by atoms with Crippen molar-refractivity contribution in [1.29, 1.82) is 0 Å². The van der Waals surface area contributed by atoms with Crippen molar-refractivity contribution in [3.8, 4) is 0 Å². The van der Waals surface area contributed by atoms with Crippen molar-refractivity contribution in [3.05, 3.63) is 23.9 Å². The van der Waals surface area contributed by atoms with Crippen LogP contribution < -0.4 is 10.6 Å². The minimum Gasteiger partial charge on any atom is -0.376 e. The Morgan fingerprint density at radius 1 is 1.53 bits per heavy atom. The third-order valence-corrected chi connectivity index (χ3v) is 3.43. The lowest BCUT2D eigenvalue weighted by Crippen LogP contribution is -2.32. The van der Waals surface area contributed by atoms with E-state index in [1.54, 1.807) is 7.05 Å². The number of rotatable bonds is 7. The molecular formula is C15H24N2O2. The number of hydrogen-bond donors (Lipinski definition) is 2. The summed E-state index contributed by atoms with van der Waals surface area (Å²) in [6, 6.07) is -0.306. The van der Waals surface area contributed by atoms with Crippen LogP contribution in [0.2, 0.25) is 0 Å². The van der Waals surface area contributed by atoms with Crippen LogP contribution in [-0.4, -0.2) is 25.3 Å². The van der Waals surface area contributed by atoms with Gasteiger partial charge in [0.1, 0.15) is 6.29 Å².